The number of rotatable bonds is 4. The van der Waals surface area contributed by atoms with Crippen LogP contribution < -0.4 is 11.1 Å². The number of nitrogens with zero attached hydrogens (tertiary/aromatic N) is 1. The van der Waals surface area contributed by atoms with E-state index in [1.54, 1.807) is 24.3 Å². The quantitative estimate of drug-likeness (QED) is 0.617. The predicted molar refractivity (Wildman–Crippen MR) is 70.1 cm³/mol. The van der Waals surface area contributed by atoms with Gasteiger partial charge in [-0.25, -0.2) is 0 Å². The number of amides is 3. The molecule has 0 atom stereocenters. The lowest BCUT2D eigenvalue weighted by Crippen LogP contribution is -2.32. The van der Waals surface area contributed by atoms with Crippen molar-refractivity contribution in [1.82, 2.24) is 4.90 Å². The number of likely N-dealkylation sites (tertiary alicyclic amines) is 1. The molecule has 1 aromatic carbocycles. The van der Waals surface area contributed by atoms with Gasteiger partial charge < -0.3 is 11.1 Å². The van der Waals surface area contributed by atoms with Gasteiger partial charge in [-0.1, -0.05) is 0 Å². The van der Waals surface area contributed by atoms with Gasteiger partial charge in [-0.05, 0) is 24.3 Å². The Morgan fingerprint density at radius 3 is 2.32 bits per heavy atom. The van der Waals surface area contributed by atoms with E-state index in [-0.39, 0.29) is 43.5 Å². The molecule has 6 heteroatoms. The van der Waals surface area contributed by atoms with Crippen molar-refractivity contribution in [2.45, 2.75) is 19.3 Å². The van der Waals surface area contributed by atoms with Gasteiger partial charge in [-0.3, -0.25) is 19.3 Å². The number of hydrogen-bond acceptors (Lipinski definition) is 4. The molecule has 0 unspecified atom stereocenters. The largest absolute Gasteiger partial charge is 0.399 e. The predicted octanol–water partition coefficient (Wildman–Crippen LogP) is 0.746. The zero-order chi connectivity index (χ0) is 13.8. The van der Waals surface area contributed by atoms with Crippen LogP contribution >= 0.6 is 0 Å². The van der Waals surface area contributed by atoms with Crippen LogP contribution in [0.15, 0.2) is 24.3 Å². The minimum Gasteiger partial charge on any atom is -0.399 e. The molecular weight excluding hydrogens is 246 g/mol. The maximum Gasteiger partial charge on any atom is 0.229 e. The molecule has 3 amide bonds. The molecule has 6 nitrogen and oxygen atoms in total. The lowest BCUT2D eigenvalue weighted by Gasteiger charge is -2.13. The maximum absolute atomic E-state index is 11.7. The van der Waals surface area contributed by atoms with E-state index in [2.05, 4.69) is 5.32 Å². The first kappa shape index (κ1) is 13.1. The maximum atomic E-state index is 11.7. The average Bonchev–Trinajstić information content (AvgIpc) is 2.70. The highest BCUT2D eigenvalue weighted by molar-refractivity contribution is 6.02. The summed E-state index contributed by atoms with van der Waals surface area (Å²) >= 11 is 0. The second-order valence-electron chi connectivity index (χ2n) is 4.36. The van der Waals surface area contributed by atoms with E-state index in [1.165, 1.54) is 0 Å². The van der Waals surface area contributed by atoms with E-state index in [9.17, 15) is 14.4 Å². The normalized spacial score (nSPS) is 14.8. The Labute approximate surface area is 110 Å². The van der Waals surface area contributed by atoms with Gasteiger partial charge in [0.2, 0.25) is 17.7 Å². The molecule has 0 spiro atoms. The van der Waals surface area contributed by atoms with Crippen LogP contribution in [0.1, 0.15) is 19.3 Å². The number of nitrogens with two attached hydrogens (primary N) is 1. The lowest BCUT2D eigenvalue weighted by molar-refractivity contribution is -0.138. The fourth-order valence-corrected chi connectivity index (χ4v) is 1.88. The number of anilines is 2. The third-order valence-corrected chi connectivity index (χ3v) is 2.91. The summed E-state index contributed by atoms with van der Waals surface area (Å²) in [5, 5.41) is 2.68. The molecule has 3 N–H and O–H groups in total. The number of nitrogen functional groups attached to an aromatic ring is 1. The van der Waals surface area contributed by atoms with Crippen molar-refractivity contribution in [2.75, 3.05) is 17.6 Å². The summed E-state index contributed by atoms with van der Waals surface area (Å²) in [4.78, 5) is 35.5. The Balaban J connectivity index is 1.83. The Bertz CT molecular complexity index is 494. The summed E-state index contributed by atoms with van der Waals surface area (Å²) in [6, 6.07) is 6.76. The molecule has 1 fully saturated rings. The Morgan fingerprint density at radius 1 is 1.16 bits per heavy atom. The van der Waals surface area contributed by atoms with Crippen molar-refractivity contribution in [3.05, 3.63) is 24.3 Å². The van der Waals surface area contributed by atoms with Gasteiger partial charge in [0.25, 0.3) is 0 Å². The van der Waals surface area contributed by atoms with Crippen molar-refractivity contribution >= 4 is 29.1 Å². The van der Waals surface area contributed by atoms with Crippen molar-refractivity contribution in [2.24, 2.45) is 0 Å². The summed E-state index contributed by atoms with van der Waals surface area (Å²) in [7, 11) is 0. The lowest BCUT2D eigenvalue weighted by atomic mass is 10.2. The van der Waals surface area contributed by atoms with Gasteiger partial charge in [-0.15, -0.1) is 0 Å². The highest BCUT2D eigenvalue weighted by Gasteiger charge is 2.28. The number of hydrogen-bond donors (Lipinski definition) is 2. The first-order valence-electron chi connectivity index (χ1n) is 6.05. The van der Waals surface area contributed by atoms with E-state index in [4.69, 9.17) is 5.73 Å². The molecule has 1 heterocycles. The second-order valence-corrected chi connectivity index (χ2v) is 4.36. The molecule has 0 bridgehead atoms. The van der Waals surface area contributed by atoms with Gasteiger partial charge >= 0.3 is 0 Å². The number of imide groups is 1. The van der Waals surface area contributed by atoms with Gasteiger partial charge in [0.05, 0.1) is 0 Å². The van der Waals surface area contributed by atoms with Crippen LogP contribution in [0.5, 0.6) is 0 Å². The molecule has 2 rings (SSSR count). The molecule has 1 saturated heterocycles. The zero-order valence-electron chi connectivity index (χ0n) is 10.4. The highest BCUT2D eigenvalue weighted by Crippen LogP contribution is 2.13. The number of nitrogens with one attached hydrogen (secondary N) is 1. The van der Waals surface area contributed by atoms with E-state index >= 15 is 0 Å². The first-order chi connectivity index (χ1) is 9.06. The molecule has 1 aliphatic heterocycles. The van der Waals surface area contributed by atoms with Crippen LogP contribution in [0.4, 0.5) is 11.4 Å². The van der Waals surface area contributed by atoms with Crippen LogP contribution in [-0.2, 0) is 14.4 Å². The summed E-state index contributed by atoms with van der Waals surface area (Å²) in [6.07, 6.45) is 0.596. The number of carbonyl (C=O) groups excluding carboxylic acids is 3. The molecule has 0 aliphatic carbocycles. The van der Waals surface area contributed by atoms with Gasteiger partial charge in [0, 0.05) is 37.2 Å². The molecule has 100 valence electrons. The van der Waals surface area contributed by atoms with Gasteiger partial charge in [-0.2, -0.15) is 0 Å². The van der Waals surface area contributed by atoms with Crippen molar-refractivity contribution in [3.8, 4) is 0 Å². The SMILES string of the molecule is Nc1ccc(NC(=O)CCN2C(=O)CCC2=O)cc1. The van der Waals surface area contributed by atoms with Crippen molar-refractivity contribution in [1.29, 1.82) is 0 Å². The van der Waals surface area contributed by atoms with E-state index in [0.717, 1.165) is 4.90 Å². The number of benzene rings is 1. The molecule has 0 aromatic heterocycles. The average molecular weight is 261 g/mol. The van der Waals surface area contributed by atoms with Gasteiger partial charge in [0.15, 0.2) is 0 Å². The second kappa shape index (κ2) is 5.51. The van der Waals surface area contributed by atoms with Crippen LogP contribution in [0.2, 0.25) is 0 Å². The summed E-state index contributed by atoms with van der Waals surface area (Å²) < 4.78 is 0. The fourth-order valence-electron chi connectivity index (χ4n) is 1.88. The zero-order valence-corrected chi connectivity index (χ0v) is 10.4. The topological polar surface area (TPSA) is 92.5 Å². The number of carbonyl (C=O) groups is 3. The molecule has 1 aliphatic rings. The Hall–Kier alpha value is -2.37. The Morgan fingerprint density at radius 2 is 1.74 bits per heavy atom. The van der Waals surface area contributed by atoms with Crippen LogP contribution in [0, 0.1) is 0 Å². The van der Waals surface area contributed by atoms with Crippen molar-refractivity contribution < 1.29 is 14.4 Å². The minimum absolute atomic E-state index is 0.0991. The van der Waals surface area contributed by atoms with Crippen LogP contribution in [-0.4, -0.2) is 29.2 Å². The van der Waals surface area contributed by atoms with Crippen molar-refractivity contribution in [3.63, 3.8) is 0 Å². The Kier molecular flexibility index (Phi) is 3.79. The van der Waals surface area contributed by atoms with Gasteiger partial charge in [0.1, 0.15) is 0 Å². The molecule has 0 saturated carbocycles. The first-order valence-corrected chi connectivity index (χ1v) is 6.05. The highest BCUT2D eigenvalue weighted by atomic mass is 16.2. The third-order valence-electron chi connectivity index (χ3n) is 2.91. The van der Waals surface area contributed by atoms with E-state index < -0.39 is 0 Å². The van der Waals surface area contributed by atoms with Crippen LogP contribution in [0.3, 0.4) is 0 Å². The smallest absolute Gasteiger partial charge is 0.229 e. The van der Waals surface area contributed by atoms with Crippen LogP contribution in [0.25, 0.3) is 0 Å². The molecule has 19 heavy (non-hydrogen) atoms. The monoisotopic (exact) mass is 261 g/mol. The summed E-state index contributed by atoms with van der Waals surface area (Å²) in [6.45, 7) is 0.137. The molecule has 1 aromatic rings. The van der Waals surface area contributed by atoms with E-state index in [1.807, 2.05) is 0 Å². The summed E-state index contributed by atoms with van der Waals surface area (Å²) in [5.74, 6) is -0.646. The third kappa shape index (κ3) is 3.31. The molecule has 0 radical (unpaired) electrons. The van der Waals surface area contributed by atoms with E-state index in [0.29, 0.717) is 11.4 Å². The minimum atomic E-state index is -0.239. The fraction of sp³-hybridized carbons (Fsp3) is 0.308. The molecular formula is C13H15N3O3. The standard InChI is InChI=1S/C13H15N3O3/c14-9-1-3-10(4-2-9)15-11(17)7-8-16-12(18)5-6-13(16)19/h1-4H,5-8,14H2,(H,15,17). The summed E-state index contributed by atoms with van der Waals surface area (Å²) in [5.41, 5.74) is 6.79.